The molecule has 2 bridgehead atoms. The average Bonchev–Trinajstić information content (AvgIpc) is 3.50. The van der Waals surface area contributed by atoms with Crippen molar-refractivity contribution in [3.63, 3.8) is 0 Å². The van der Waals surface area contributed by atoms with Crippen LogP contribution >= 0.6 is 0 Å². The smallest absolute Gasteiger partial charge is 0.251 e. The topological polar surface area (TPSA) is 136 Å². The number of para-hydroxylation sites is 1. The summed E-state index contributed by atoms with van der Waals surface area (Å²) in [5.41, 5.74) is 5.97. The molecule has 1 saturated heterocycles. The van der Waals surface area contributed by atoms with E-state index in [0.29, 0.717) is 17.2 Å². The number of ether oxygens (including phenoxy) is 1. The summed E-state index contributed by atoms with van der Waals surface area (Å²) in [5, 5.41) is 29.0. The summed E-state index contributed by atoms with van der Waals surface area (Å²) >= 11 is 0. The first-order valence-corrected chi connectivity index (χ1v) is 18.1. The number of fused-ring (bicyclic) bond motifs is 2. The van der Waals surface area contributed by atoms with Crippen LogP contribution in [0.15, 0.2) is 64.8 Å². The number of anilines is 1. The number of hydrogen-bond acceptors (Lipinski definition) is 9. The van der Waals surface area contributed by atoms with E-state index in [4.69, 9.17) is 9.57 Å². The van der Waals surface area contributed by atoms with Crippen molar-refractivity contribution in [2.75, 3.05) is 39.3 Å². The minimum Gasteiger partial charge on any atom is -0.486 e. The molecule has 2 amide bonds. The fraction of sp³-hybridized carbons (Fsp3) is 0.525. The van der Waals surface area contributed by atoms with Crippen molar-refractivity contribution in [2.24, 2.45) is 28.2 Å². The van der Waals surface area contributed by atoms with E-state index in [1.807, 2.05) is 61.6 Å². The number of amides is 2. The quantitative estimate of drug-likeness (QED) is 0.238. The molecular weight excluding hydrogens is 646 g/mol. The minimum absolute atomic E-state index is 0.0368. The van der Waals surface area contributed by atoms with Gasteiger partial charge in [-0.05, 0) is 67.2 Å². The van der Waals surface area contributed by atoms with Gasteiger partial charge >= 0.3 is 0 Å². The highest BCUT2D eigenvalue weighted by molar-refractivity contribution is 5.97. The molecule has 11 nitrogen and oxygen atoms in total. The average molecular weight is 700 g/mol. The summed E-state index contributed by atoms with van der Waals surface area (Å²) in [6.45, 7) is 8.36. The van der Waals surface area contributed by atoms with E-state index in [1.54, 1.807) is 19.0 Å². The second-order valence-electron chi connectivity index (χ2n) is 15.2. The standard InChI is InChI=1S/C40H53N5O6/c1-23-32-18-28(40(32,3)4)19-33(23)43-39(49)36-35(24(2)47)34(21-46)51-45(36)20-25-11-10-13-31(37(25)50-22-29-12-8-9-14-42-29)26-15-27(38(48)41-5)17-30(16-26)44(6)7/h10-18,23-24,28,33-36,46-47H,8-9,19-22H2,1-7H3,(H,41,48)(H,43,49)/t23-,24?,28+,33-,34-,35+,36-/m0/s1. The van der Waals surface area contributed by atoms with Gasteiger partial charge in [-0.25, -0.2) is 0 Å². The van der Waals surface area contributed by atoms with Gasteiger partial charge in [0.2, 0.25) is 5.91 Å². The lowest BCUT2D eigenvalue weighted by molar-refractivity contribution is -0.182. The zero-order valence-corrected chi connectivity index (χ0v) is 30.8. The van der Waals surface area contributed by atoms with E-state index >= 15 is 0 Å². The monoisotopic (exact) mass is 699 g/mol. The highest BCUT2D eigenvalue weighted by Gasteiger charge is 2.53. The van der Waals surface area contributed by atoms with E-state index in [-0.39, 0.29) is 48.9 Å². The van der Waals surface area contributed by atoms with Crippen LogP contribution in [0.25, 0.3) is 11.1 Å². The van der Waals surface area contributed by atoms with Crippen molar-refractivity contribution in [3.05, 3.63) is 70.9 Å². The fourth-order valence-electron chi connectivity index (χ4n) is 8.26. The molecular formula is C40H53N5O6. The van der Waals surface area contributed by atoms with Crippen LogP contribution in [0, 0.1) is 23.2 Å². The number of aliphatic hydroxyl groups is 2. The van der Waals surface area contributed by atoms with Crippen molar-refractivity contribution >= 4 is 23.7 Å². The predicted molar refractivity (Wildman–Crippen MR) is 198 cm³/mol. The molecule has 0 aromatic heterocycles. The number of rotatable bonds is 12. The maximum Gasteiger partial charge on any atom is 0.251 e. The van der Waals surface area contributed by atoms with Gasteiger partial charge in [0.25, 0.3) is 5.91 Å². The van der Waals surface area contributed by atoms with Crippen molar-refractivity contribution in [3.8, 4) is 16.9 Å². The molecule has 2 aromatic carbocycles. The molecule has 1 unspecified atom stereocenters. The van der Waals surface area contributed by atoms with Crippen LogP contribution in [0.5, 0.6) is 5.75 Å². The Kier molecular flexibility index (Phi) is 10.7. The number of aliphatic hydroxyl groups excluding tert-OH is 2. The van der Waals surface area contributed by atoms with E-state index < -0.39 is 24.2 Å². The Bertz CT molecular complexity index is 1730. The molecule has 274 valence electrons. The van der Waals surface area contributed by atoms with Crippen molar-refractivity contribution in [1.82, 2.24) is 15.7 Å². The third kappa shape index (κ3) is 7.22. The van der Waals surface area contributed by atoms with Gasteiger partial charge in [-0.2, -0.15) is 5.06 Å². The molecule has 0 radical (unpaired) electrons. The van der Waals surface area contributed by atoms with E-state index in [1.165, 1.54) is 5.57 Å². The van der Waals surface area contributed by atoms with Crippen LogP contribution in [-0.2, 0) is 16.2 Å². The van der Waals surface area contributed by atoms with Gasteiger partial charge in [0.05, 0.1) is 25.0 Å². The fourth-order valence-corrected chi connectivity index (χ4v) is 8.26. The van der Waals surface area contributed by atoms with Gasteiger partial charge in [-0.1, -0.05) is 56.7 Å². The molecule has 7 atom stereocenters. The number of nitrogens with zero attached hydrogens (tertiary/aromatic N) is 3. The third-order valence-corrected chi connectivity index (χ3v) is 11.3. The van der Waals surface area contributed by atoms with Crippen molar-refractivity contribution in [1.29, 1.82) is 0 Å². The Labute approximate surface area is 301 Å². The minimum atomic E-state index is -0.920. The number of hydroxylamine groups is 2. The lowest BCUT2D eigenvalue weighted by Crippen LogP contribution is -2.57. The summed E-state index contributed by atoms with van der Waals surface area (Å²) in [6, 6.07) is 10.6. The molecule has 7 rings (SSSR count). The first-order chi connectivity index (χ1) is 24.3. The summed E-state index contributed by atoms with van der Waals surface area (Å²) in [6.07, 6.45) is 7.21. The lowest BCUT2D eigenvalue weighted by Gasteiger charge is -2.54. The third-order valence-electron chi connectivity index (χ3n) is 11.3. The van der Waals surface area contributed by atoms with Crippen LogP contribution in [0.1, 0.15) is 62.9 Å². The molecule has 3 aliphatic carbocycles. The molecule has 1 saturated carbocycles. The second-order valence-corrected chi connectivity index (χ2v) is 15.2. The molecule has 2 heterocycles. The van der Waals surface area contributed by atoms with Crippen LogP contribution in [-0.4, -0.2) is 92.0 Å². The van der Waals surface area contributed by atoms with Gasteiger partial charge in [0.15, 0.2) is 0 Å². The highest BCUT2D eigenvalue weighted by Crippen LogP contribution is 2.56. The number of aliphatic imine (C=N–C) groups is 1. The number of nitrogens with one attached hydrogen (secondary N) is 2. The van der Waals surface area contributed by atoms with Gasteiger partial charge in [-0.3, -0.25) is 19.4 Å². The second kappa shape index (κ2) is 14.9. The maximum absolute atomic E-state index is 14.3. The number of hydrogen-bond donors (Lipinski definition) is 4. The summed E-state index contributed by atoms with van der Waals surface area (Å²) in [4.78, 5) is 40.0. The molecule has 2 aliphatic heterocycles. The van der Waals surface area contributed by atoms with Crippen molar-refractivity contribution in [2.45, 2.75) is 77.8 Å². The number of benzene rings is 2. The number of allylic oxidation sites excluding steroid dienone is 2. The first-order valence-electron chi connectivity index (χ1n) is 18.1. The zero-order chi connectivity index (χ0) is 36.6. The Balaban J connectivity index is 1.37. The predicted octanol–water partition coefficient (Wildman–Crippen LogP) is 4.49. The van der Waals surface area contributed by atoms with E-state index in [0.717, 1.165) is 47.3 Å². The lowest BCUT2D eigenvalue weighted by atomic mass is 9.52. The Morgan fingerprint density at radius 2 is 1.98 bits per heavy atom. The molecule has 0 spiro atoms. The molecule has 5 aliphatic rings. The molecule has 2 fully saturated rings. The summed E-state index contributed by atoms with van der Waals surface area (Å²) < 4.78 is 6.61. The zero-order valence-electron chi connectivity index (χ0n) is 30.8. The first kappa shape index (κ1) is 36.8. The largest absolute Gasteiger partial charge is 0.486 e. The Hall–Kier alpha value is -4.03. The SMILES string of the molecule is CNC(=O)c1cc(-c2cccc(CN3O[C@@H](CO)[C@@H](C(C)O)[C@H]3C(=O)N[C@H]3C[C@H]4C=C([C@@H]3C)C4(C)C)c2OCC2=CCCC=N2)cc(N(C)C)c1. The van der Waals surface area contributed by atoms with Gasteiger partial charge in [0.1, 0.15) is 24.5 Å². The van der Waals surface area contributed by atoms with Crippen molar-refractivity contribution < 1.29 is 29.4 Å². The molecule has 11 heteroatoms. The molecule has 4 N–H and O–H groups in total. The summed E-state index contributed by atoms with van der Waals surface area (Å²) in [7, 11) is 5.46. The van der Waals surface area contributed by atoms with Crippen LogP contribution in [0.3, 0.4) is 0 Å². The highest BCUT2D eigenvalue weighted by atomic mass is 16.7. The van der Waals surface area contributed by atoms with E-state index in [9.17, 15) is 19.8 Å². The molecule has 51 heavy (non-hydrogen) atoms. The van der Waals surface area contributed by atoms with Gasteiger partial charge in [-0.15, -0.1) is 0 Å². The van der Waals surface area contributed by atoms with Gasteiger partial charge < -0.3 is 30.5 Å². The van der Waals surface area contributed by atoms with Crippen LogP contribution < -0.4 is 20.3 Å². The Morgan fingerprint density at radius 3 is 2.61 bits per heavy atom. The molecule has 2 aromatic rings. The van der Waals surface area contributed by atoms with Gasteiger partial charge in [0, 0.05) is 61.7 Å². The van der Waals surface area contributed by atoms with Crippen LogP contribution in [0.2, 0.25) is 0 Å². The summed E-state index contributed by atoms with van der Waals surface area (Å²) in [5.74, 6) is 0.0566. The normalized spacial score (nSPS) is 27.2. The van der Waals surface area contributed by atoms with Crippen LogP contribution in [0.4, 0.5) is 5.69 Å². The number of carbonyl (C=O) groups excluding carboxylic acids is 2. The van der Waals surface area contributed by atoms with E-state index in [2.05, 4.69) is 48.5 Å². The maximum atomic E-state index is 14.3. The Morgan fingerprint density at radius 1 is 1.20 bits per heavy atom. The number of carbonyl (C=O) groups is 2.